The molecule has 70 valence electrons. The predicted molar refractivity (Wildman–Crippen MR) is 61.3 cm³/mol. The quantitative estimate of drug-likeness (QED) is 0.705. The van der Waals surface area contributed by atoms with Crippen molar-refractivity contribution in [3.05, 3.63) is 53.6 Å². The smallest absolute Gasteiger partial charge is 0.0432 e. The van der Waals surface area contributed by atoms with E-state index in [-0.39, 0.29) is 0 Å². The van der Waals surface area contributed by atoms with Crippen molar-refractivity contribution < 1.29 is 0 Å². The maximum Gasteiger partial charge on any atom is 0.0432 e. The highest BCUT2D eigenvalue weighted by Crippen LogP contribution is 2.25. The van der Waals surface area contributed by atoms with E-state index >= 15 is 0 Å². The van der Waals surface area contributed by atoms with Crippen LogP contribution in [0.2, 0.25) is 5.02 Å². The Morgan fingerprint density at radius 1 is 0.857 bits per heavy atom. The normalized spacial score (nSPS) is 10.1. The molecule has 0 saturated carbocycles. The van der Waals surface area contributed by atoms with Crippen molar-refractivity contribution in [2.75, 3.05) is 5.73 Å². The van der Waals surface area contributed by atoms with Crippen molar-refractivity contribution in [2.24, 2.45) is 0 Å². The van der Waals surface area contributed by atoms with Gasteiger partial charge in [0.15, 0.2) is 0 Å². The van der Waals surface area contributed by atoms with Gasteiger partial charge in [-0.2, -0.15) is 0 Å². The molecule has 0 bridgehead atoms. The Labute approximate surface area is 88.1 Å². The average molecular weight is 204 g/mol. The van der Waals surface area contributed by atoms with E-state index in [0.717, 1.165) is 11.1 Å². The second-order valence-corrected chi connectivity index (χ2v) is 3.58. The van der Waals surface area contributed by atoms with Crippen LogP contribution >= 0.6 is 11.6 Å². The van der Waals surface area contributed by atoms with Gasteiger partial charge in [-0.3, -0.25) is 0 Å². The number of anilines is 1. The molecular formula is C12H10ClN. The van der Waals surface area contributed by atoms with Crippen LogP contribution in [0.1, 0.15) is 0 Å². The molecule has 0 aliphatic heterocycles. The molecule has 1 nitrogen and oxygen atoms in total. The molecule has 0 aliphatic rings. The minimum absolute atomic E-state index is 0.670. The van der Waals surface area contributed by atoms with E-state index in [4.69, 9.17) is 17.3 Å². The monoisotopic (exact) mass is 203 g/mol. The molecule has 0 amide bonds. The maximum atomic E-state index is 5.92. The van der Waals surface area contributed by atoms with Crippen molar-refractivity contribution in [3.63, 3.8) is 0 Å². The minimum atomic E-state index is 0.670. The molecule has 0 spiro atoms. The third-order valence-corrected chi connectivity index (χ3v) is 2.25. The summed E-state index contributed by atoms with van der Waals surface area (Å²) >= 11 is 5.92. The number of rotatable bonds is 1. The summed E-state index contributed by atoms with van der Waals surface area (Å²) in [6.45, 7) is 0. The predicted octanol–water partition coefficient (Wildman–Crippen LogP) is 3.59. The van der Waals surface area contributed by atoms with Gasteiger partial charge in [-0.25, -0.2) is 0 Å². The Morgan fingerprint density at radius 2 is 1.57 bits per heavy atom. The van der Waals surface area contributed by atoms with E-state index in [2.05, 4.69) is 0 Å². The highest BCUT2D eigenvalue weighted by atomic mass is 35.5. The average Bonchev–Trinajstić information content (AvgIpc) is 2.18. The second kappa shape index (κ2) is 3.72. The fraction of sp³-hybridized carbons (Fsp3) is 0. The fourth-order valence-electron chi connectivity index (χ4n) is 1.41. The topological polar surface area (TPSA) is 26.0 Å². The first-order chi connectivity index (χ1) is 6.75. The molecule has 2 heteroatoms. The summed E-state index contributed by atoms with van der Waals surface area (Å²) in [5.41, 5.74) is 8.58. The molecule has 0 atom stereocenters. The van der Waals surface area contributed by atoms with Crippen LogP contribution in [0.5, 0.6) is 0 Å². The minimum Gasteiger partial charge on any atom is -0.399 e. The molecule has 0 heterocycles. The van der Waals surface area contributed by atoms with Crippen molar-refractivity contribution in [3.8, 4) is 11.1 Å². The number of nitrogens with two attached hydrogens (primary N) is 1. The van der Waals surface area contributed by atoms with E-state index in [0.29, 0.717) is 10.7 Å². The van der Waals surface area contributed by atoms with E-state index in [1.807, 2.05) is 42.5 Å². The molecule has 2 rings (SSSR count). The van der Waals surface area contributed by atoms with Crippen LogP contribution in [0.25, 0.3) is 11.1 Å². The maximum absolute atomic E-state index is 5.92. The summed E-state index contributed by atoms with van der Waals surface area (Å²) < 4.78 is 0. The summed E-state index contributed by atoms with van der Waals surface area (Å²) in [5, 5.41) is 0.670. The van der Waals surface area contributed by atoms with E-state index in [9.17, 15) is 0 Å². The molecular weight excluding hydrogens is 194 g/mol. The van der Waals surface area contributed by atoms with Gasteiger partial charge in [0.1, 0.15) is 0 Å². The SMILES string of the molecule is Nc1cc(Cl)cc(-c2ccccc2)c1. The summed E-state index contributed by atoms with van der Waals surface area (Å²) in [5.74, 6) is 0. The van der Waals surface area contributed by atoms with Gasteiger partial charge in [-0.15, -0.1) is 0 Å². The highest BCUT2D eigenvalue weighted by Gasteiger charge is 1.99. The first-order valence-electron chi connectivity index (χ1n) is 4.37. The number of hydrogen-bond donors (Lipinski definition) is 1. The lowest BCUT2D eigenvalue weighted by atomic mass is 10.1. The van der Waals surface area contributed by atoms with Gasteiger partial charge in [-0.05, 0) is 29.3 Å². The van der Waals surface area contributed by atoms with Crippen LogP contribution in [0.4, 0.5) is 5.69 Å². The number of halogens is 1. The third kappa shape index (κ3) is 1.88. The molecule has 2 N–H and O–H groups in total. The van der Waals surface area contributed by atoms with Gasteiger partial charge in [0, 0.05) is 10.7 Å². The van der Waals surface area contributed by atoms with Gasteiger partial charge in [0.05, 0.1) is 0 Å². The summed E-state index contributed by atoms with van der Waals surface area (Å²) in [4.78, 5) is 0. The Bertz CT molecular complexity index is 417. The summed E-state index contributed by atoms with van der Waals surface area (Å²) in [6, 6.07) is 15.6. The van der Waals surface area contributed by atoms with Crippen LogP contribution in [-0.2, 0) is 0 Å². The van der Waals surface area contributed by atoms with Crippen LogP contribution in [0, 0.1) is 0 Å². The lowest BCUT2D eigenvalue weighted by Crippen LogP contribution is -1.85. The van der Waals surface area contributed by atoms with Gasteiger partial charge >= 0.3 is 0 Å². The van der Waals surface area contributed by atoms with Crippen LogP contribution in [0.3, 0.4) is 0 Å². The van der Waals surface area contributed by atoms with Crippen LogP contribution < -0.4 is 5.73 Å². The van der Waals surface area contributed by atoms with Crippen LogP contribution in [-0.4, -0.2) is 0 Å². The molecule has 0 radical (unpaired) electrons. The number of benzene rings is 2. The standard InChI is InChI=1S/C12H10ClN/c13-11-6-10(7-12(14)8-11)9-4-2-1-3-5-9/h1-8H,14H2. The summed E-state index contributed by atoms with van der Waals surface area (Å²) in [7, 11) is 0. The summed E-state index contributed by atoms with van der Waals surface area (Å²) in [6.07, 6.45) is 0. The zero-order valence-corrected chi connectivity index (χ0v) is 8.33. The molecule has 2 aromatic rings. The molecule has 0 aliphatic carbocycles. The highest BCUT2D eigenvalue weighted by molar-refractivity contribution is 6.31. The molecule has 0 saturated heterocycles. The van der Waals surface area contributed by atoms with Crippen molar-refractivity contribution in [1.82, 2.24) is 0 Å². The van der Waals surface area contributed by atoms with Crippen molar-refractivity contribution in [2.45, 2.75) is 0 Å². The van der Waals surface area contributed by atoms with Gasteiger partial charge in [-0.1, -0.05) is 41.9 Å². The first kappa shape index (κ1) is 9.10. The van der Waals surface area contributed by atoms with Crippen molar-refractivity contribution >= 4 is 17.3 Å². The Kier molecular flexibility index (Phi) is 2.42. The molecule has 0 unspecified atom stereocenters. The Hall–Kier alpha value is -1.47. The molecule has 2 aromatic carbocycles. The Morgan fingerprint density at radius 3 is 2.21 bits per heavy atom. The third-order valence-electron chi connectivity index (χ3n) is 2.03. The van der Waals surface area contributed by atoms with E-state index < -0.39 is 0 Å². The van der Waals surface area contributed by atoms with Gasteiger partial charge in [0.25, 0.3) is 0 Å². The van der Waals surface area contributed by atoms with Gasteiger partial charge in [0.2, 0.25) is 0 Å². The number of nitrogen functional groups attached to an aromatic ring is 1. The first-order valence-corrected chi connectivity index (χ1v) is 4.75. The lowest BCUT2D eigenvalue weighted by Gasteiger charge is -2.03. The van der Waals surface area contributed by atoms with E-state index in [1.165, 1.54) is 0 Å². The van der Waals surface area contributed by atoms with Crippen LogP contribution in [0.15, 0.2) is 48.5 Å². The zero-order chi connectivity index (χ0) is 9.97. The van der Waals surface area contributed by atoms with Gasteiger partial charge < -0.3 is 5.73 Å². The number of hydrogen-bond acceptors (Lipinski definition) is 1. The Balaban J connectivity index is 2.52. The molecule has 14 heavy (non-hydrogen) atoms. The van der Waals surface area contributed by atoms with Crippen molar-refractivity contribution in [1.29, 1.82) is 0 Å². The van der Waals surface area contributed by atoms with E-state index in [1.54, 1.807) is 6.07 Å². The lowest BCUT2D eigenvalue weighted by molar-refractivity contribution is 1.61. The largest absolute Gasteiger partial charge is 0.399 e. The second-order valence-electron chi connectivity index (χ2n) is 3.14. The molecule has 0 aromatic heterocycles. The zero-order valence-electron chi connectivity index (χ0n) is 7.57. The fourth-order valence-corrected chi connectivity index (χ4v) is 1.65. The molecule has 0 fully saturated rings.